The van der Waals surface area contributed by atoms with Crippen LogP contribution >= 0.6 is 0 Å². The van der Waals surface area contributed by atoms with Gasteiger partial charge in [0.15, 0.2) is 0 Å². The molecular formula is C23H22N4O. The van der Waals surface area contributed by atoms with Crippen molar-refractivity contribution >= 4 is 21.8 Å². The van der Waals surface area contributed by atoms with Crippen LogP contribution in [0.2, 0.25) is 0 Å². The molecule has 0 radical (unpaired) electrons. The SMILES string of the molecule is c1ccc2c(c1)[nH]c1ccc(-c3ccc(OC4CN5CCC4CC5)nn3)cc12. The Balaban J connectivity index is 1.28. The van der Waals surface area contributed by atoms with E-state index in [1.165, 1.54) is 36.7 Å². The fourth-order valence-electron chi connectivity index (χ4n) is 4.74. The Morgan fingerprint density at radius 1 is 0.893 bits per heavy atom. The number of benzene rings is 2. The number of H-pyrrole nitrogens is 1. The standard InChI is InChI=1S/C23H22N4O/c1-2-4-20-17(3-1)18-13-16(5-6-21(18)24-20)19-7-8-23(26-25-19)28-22-14-27-11-9-15(22)10-12-27/h1-8,13,15,22,24H,9-12,14H2. The van der Waals surface area contributed by atoms with E-state index in [2.05, 4.69) is 62.5 Å². The maximum atomic E-state index is 6.18. The number of aromatic amines is 1. The van der Waals surface area contributed by atoms with Crippen molar-refractivity contribution in [1.82, 2.24) is 20.1 Å². The first kappa shape index (κ1) is 16.1. The molecule has 0 amide bonds. The summed E-state index contributed by atoms with van der Waals surface area (Å²) in [6, 6.07) is 18.7. The third-order valence-corrected chi connectivity index (χ3v) is 6.31. The van der Waals surface area contributed by atoms with Gasteiger partial charge < -0.3 is 9.72 Å². The molecule has 5 heteroatoms. The smallest absolute Gasteiger partial charge is 0.233 e. The lowest BCUT2D eigenvalue weighted by molar-refractivity contribution is -0.0103. The van der Waals surface area contributed by atoms with Crippen molar-refractivity contribution in [2.75, 3.05) is 19.6 Å². The molecule has 28 heavy (non-hydrogen) atoms. The predicted molar refractivity (Wildman–Crippen MR) is 110 cm³/mol. The zero-order chi connectivity index (χ0) is 18.5. The molecule has 5 nitrogen and oxygen atoms in total. The summed E-state index contributed by atoms with van der Waals surface area (Å²) in [4.78, 5) is 5.95. The van der Waals surface area contributed by atoms with Crippen LogP contribution in [-0.2, 0) is 0 Å². The maximum Gasteiger partial charge on any atom is 0.233 e. The van der Waals surface area contributed by atoms with Crippen molar-refractivity contribution in [2.24, 2.45) is 5.92 Å². The molecule has 5 heterocycles. The van der Waals surface area contributed by atoms with E-state index in [0.29, 0.717) is 11.8 Å². The first-order valence-corrected chi connectivity index (χ1v) is 10.1. The van der Waals surface area contributed by atoms with E-state index < -0.39 is 0 Å². The number of hydrogen-bond acceptors (Lipinski definition) is 4. The third-order valence-electron chi connectivity index (χ3n) is 6.31. The fraction of sp³-hybridized carbons (Fsp3) is 0.304. The Labute approximate surface area is 163 Å². The van der Waals surface area contributed by atoms with Crippen molar-refractivity contribution in [1.29, 1.82) is 0 Å². The summed E-state index contributed by atoms with van der Waals surface area (Å²) in [6.07, 6.45) is 2.73. The average molecular weight is 370 g/mol. The number of ether oxygens (including phenoxy) is 1. The summed E-state index contributed by atoms with van der Waals surface area (Å²) in [6.45, 7) is 3.45. The van der Waals surface area contributed by atoms with Gasteiger partial charge in [0.25, 0.3) is 0 Å². The lowest BCUT2D eigenvalue weighted by Gasteiger charge is -2.44. The number of rotatable bonds is 3. The van der Waals surface area contributed by atoms with E-state index in [1.807, 2.05) is 12.1 Å². The second kappa shape index (κ2) is 6.31. The van der Waals surface area contributed by atoms with Gasteiger partial charge in [-0.2, -0.15) is 0 Å². The van der Waals surface area contributed by atoms with Crippen molar-refractivity contribution < 1.29 is 4.74 Å². The normalized spacial score (nSPS) is 24.1. The van der Waals surface area contributed by atoms with Gasteiger partial charge >= 0.3 is 0 Å². The zero-order valence-electron chi connectivity index (χ0n) is 15.6. The van der Waals surface area contributed by atoms with Gasteiger partial charge in [0.05, 0.1) is 5.69 Å². The van der Waals surface area contributed by atoms with Crippen LogP contribution in [-0.4, -0.2) is 45.8 Å². The highest BCUT2D eigenvalue weighted by Crippen LogP contribution is 2.31. The summed E-state index contributed by atoms with van der Waals surface area (Å²) in [5, 5.41) is 11.3. The molecule has 3 fully saturated rings. The Kier molecular flexibility index (Phi) is 3.62. The Morgan fingerprint density at radius 3 is 2.54 bits per heavy atom. The largest absolute Gasteiger partial charge is 0.472 e. The van der Waals surface area contributed by atoms with Crippen LogP contribution in [0, 0.1) is 5.92 Å². The molecule has 3 aliphatic rings. The minimum Gasteiger partial charge on any atom is -0.472 e. The molecule has 0 saturated carbocycles. The third kappa shape index (κ3) is 2.66. The lowest BCUT2D eigenvalue weighted by atomic mass is 9.86. The topological polar surface area (TPSA) is 54.0 Å². The zero-order valence-corrected chi connectivity index (χ0v) is 15.6. The van der Waals surface area contributed by atoms with Crippen LogP contribution in [0.1, 0.15) is 12.8 Å². The summed E-state index contributed by atoms with van der Waals surface area (Å²) >= 11 is 0. The van der Waals surface area contributed by atoms with Gasteiger partial charge in [0.2, 0.25) is 5.88 Å². The van der Waals surface area contributed by atoms with Gasteiger partial charge in [-0.1, -0.05) is 24.3 Å². The summed E-state index contributed by atoms with van der Waals surface area (Å²) in [5.74, 6) is 1.30. The number of fused-ring (bicyclic) bond motifs is 6. The van der Waals surface area contributed by atoms with Crippen LogP contribution in [0.3, 0.4) is 0 Å². The molecule has 3 saturated heterocycles. The molecule has 0 aliphatic carbocycles. The van der Waals surface area contributed by atoms with E-state index in [0.717, 1.165) is 28.8 Å². The first-order valence-electron chi connectivity index (χ1n) is 10.1. The van der Waals surface area contributed by atoms with Crippen molar-refractivity contribution in [3.63, 3.8) is 0 Å². The molecule has 4 aromatic rings. The van der Waals surface area contributed by atoms with Crippen LogP contribution < -0.4 is 4.74 Å². The minimum absolute atomic E-state index is 0.255. The highest BCUT2D eigenvalue weighted by atomic mass is 16.5. The number of nitrogens with one attached hydrogen (secondary N) is 1. The number of piperidine rings is 3. The van der Waals surface area contributed by atoms with Gasteiger partial charge in [0.1, 0.15) is 6.10 Å². The quantitative estimate of drug-likeness (QED) is 0.586. The summed E-state index contributed by atoms with van der Waals surface area (Å²) in [5.41, 5.74) is 4.23. The van der Waals surface area contributed by atoms with Crippen molar-refractivity contribution in [3.05, 3.63) is 54.6 Å². The summed E-state index contributed by atoms with van der Waals surface area (Å²) in [7, 11) is 0. The Hall–Kier alpha value is -2.92. The predicted octanol–water partition coefficient (Wildman–Crippen LogP) is 4.25. The second-order valence-corrected chi connectivity index (χ2v) is 7.98. The van der Waals surface area contributed by atoms with Gasteiger partial charge in [-0.05, 0) is 56.1 Å². The van der Waals surface area contributed by atoms with E-state index in [9.17, 15) is 0 Å². The monoisotopic (exact) mass is 370 g/mol. The molecule has 1 unspecified atom stereocenters. The molecule has 3 aliphatic heterocycles. The van der Waals surface area contributed by atoms with Crippen LogP contribution in [0.4, 0.5) is 0 Å². The molecule has 2 bridgehead atoms. The van der Waals surface area contributed by atoms with Gasteiger partial charge in [-0.15, -0.1) is 10.2 Å². The lowest BCUT2D eigenvalue weighted by Crippen LogP contribution is -2.52. The van der Waals surface area contributed by atoms with E-state index in [1.54, 1.807) is 0 Å². The van der Waals surface area contributed by atoms with Gasteiger partial charge in [0, 0.05) is 40.0 Å². The van der Waals surface area contributed by atoms with Crippen molar-refractivity contribution in [2.45, 2.75) is 18.9 Å². The van der Waals surface area contributed by atoms with Crippen LogP contribution in [0.15, 0.2) is 54.6 Å². The molecule has 0 spiro atoms. The highest BCUT2D eigenvalue weighted by Gasteiger charge is 2.35. The van der Waals surface area contributed by atoms with E-state index in [4.69, 9.17) is 4.74 Å². The Morgan fingerprint density at radius 2 is 1.75 bits per heavy atom. The van der Waals surface area contributed by atoms with Crippen LogP contribution in [0.5, 0.6) is 5.88 Å². The molecular weight excluding hydrogens is 348 g/mol. The molecule has 7 rings (SSSR count). The number of para-hydroxylation sites is 1. The maximum absolute atomic E-state index is 6.18. The second-order valence-electron chi connectivity index (χ2n) is 7.98. The number of nitrogens with zero attached hydrogens (tertiary/aromatic N) is 3. The molecule has 2 aromatic carbocycles. The summed E-state index contributed by atoms with van der Waals surface area (Å²) < 4.78 is 6.18. The number of aromatic nitrogens is 3. The minimum atomic E-state index is 0.255. The Bertz CT molecular complexity index is 1140. The molecule has 1 N–H and O–H groups in total. The average Bonchev–Trinajstić information content (AvgIpc) is 3.13. The number of hydrogen-bond donors (Lipinski definition) is 1. The van der Waals surface area contributed by atoms with Crippen LogP contribution in [0.25, 0.3) is 33.1 Å². The van der Waals surface area contributed by atoms with Gasteiger partial charge in [-0.25, -0.2) is 0 Å². The molecule has 140 valence electrons. The van der Waals surface area contributed by atoms with E-state index >= 15 is 0 Å². The highest BCUT2D eigenvalue weighted by molar-refractivity contribution is 6.08. The van der Waals surface area contributed by atoms with E-state index in [-0.39, 0.29) is 6.10 Å². The fourth-order valence-corrected chi connectivity index (χ4v) is 4.74. The molecule has 1 atom stereocenters. The van der Waals surface area contributed by atoms with Crippen molar-refractivity contribution in [3.8, 4) is 17.1 Å². The molecule has 2 aromatic heterocycles. The van der Waals surface area contributed by atoms with Gasteiger partial charge in [-0.3, -0.25) is 4.90 Å². The first-order chi connectivity index (χ1) is 13.8.